The summed E-state index contributed by atoms with van der Waals surface area (Å²) in [5.74, 6) is -0.564. The first-order valence-electron chi connectivity index (χ1n) is 16.0. The summed E-state index contributed by atoms with van der Waals surface area (Å²) in [5, 5.41) is 10.1. The number of aliphatic hydroxyl groups is 1. The highest BCUT2D eigenvalue weighted by Gasteiger charge is 2.33. The van der Waals surface area contributed by atoms with Crippen LogP contribution in [0.5, 0.6) is 5.75 Å². The molecule has 0 saturated heterocycles. The Kier molecular flexibility index (Phi) is 12.3. The summed E-state index contributed by atoms with van der Waals surface area (Å²) in [7, 11) is -4.71. The van der Waals surface area contributed by atoms with Crippen LogP contribution in [0.15, 0.2) is 64.9 Å². The largest absolute Gasteiger partial charge is 0.490 e. The smallest absolute Gasteiger partial charge is 0.261 e. The van der Waals surface area contributed by atoms with E-state index in [1.165, 1.54) is 47.0 Å². The van der Waals surface area contributed by atoms with E-state index in [1.807, 2.05) is 20.8 Å². The molecule has 2 heterocycles. The lowest BCUT2D eigenvalue weighted by Gasteiger charge is -2.35. The minimum Gasteiger partial charge on any atom is -0.490 e. The highest BCUT2D eigenvalue weighted by atomic mass is 32.2. The predicted molar refractivity (Wildman–Crippen MR) is 182 cm³/mol. The number of carbonyl (C=O) groups is 1. The van der Waals surface area contributed by atoms with Crippen molar-refractivity contribution in [3.05, 3.63) is 66.1 Å². The summed E-state index contributed by atoms with van der Waals surface area (Å²) < 4.78 is 70.9. The molecule has 0 spiro atoms. The Balaban J connectivity index is 1.68. The number of hydrogen-bond donors (Lipinski definition) is 2. The van der Waals surface area contributed by atoms with Crippen LogP contribution in [-0.4, -0.2) is 98.2 Å². The topological polar surface area (TPSA) is 160 Å². The van der Waals surface area contributed by atoms with Gasteiger partial charge in [-0.05, 0) is 70.4 Å². The number of ether oxygens (including phenoxy) is 2. The molecule has 1 aromatic heterocycles. The van der Waals surface area contributed by atoms with Crippen LogP contribution < -0.4 is 9.46 Å². The van der Waals surface area contributed by atoms with Gasteiger partial charge in [0.1, 0.15) is 5.75 Å². The number of aromatic nitrogens is 2. The molecule has 0 saturated carbocycles. The summed E-state index contributed by atoms with van der Waals surface area (Å²) in [6, 6.07) is 10.4. The van der Waals surface area contributed by atoms with Crippen LogP contribution >= 0.6 is 0 Å². The van der Waals surface area contributed by atoms with Gasteiger partial charge in [0.25, 0.3) is 26.0 Å². The van der Waals surface area contributed by atoms with Crippen LogP contribution in [0.3, 0.4) is 0 Å². The molecule has 0 radical (unpaired) electrons. The second-order valence-electron chi connectivity index (χ2n) is 12.6. The van der Waals surface area contributed by atoms with Crippen LogP contribution in [0.4, 0.5) is 5.69 Å². The van der Waals surface area contributed by atoms with Crippen molar-refractivity contribution < 1.29 is 36.2 Å². The van der Waals surface area contributed by atoms with E-state index in [0.29, 0.717) is 25.2 Å². The molecule has 2 N–H and O–H groups in total. The first-order valence-corrected chi connectivity index (χ1v) is 18.9. The maximum Gasteiger partial charge on any atom is 0.261 e. The Morgan fingerprint density at radius 3 is 2.46 bits per heavy atom. The molecule has 15 heteroatoms. The minimum atomic E-state index is -3.96. The van der Waals surface area contributed by atoms with E-state index < -0.39 is 38.1 Å². The van der Waals surface area contributed by atoms with Crippen molar-refractivity contribution in [2.45, 2.75) is 75.1 Å². The van der Waals surface area contributed by atoms with Crippen LogP contribution in [-0.2, 0) is 31.8 Å². The molecule has 0 aliphatic carbocycles. The number of likely N-dealkylation sites (N-methyl/N-ethyl adjacent to an activating group) is 1. The molecule has 3 aromatic rings. The van der Waals surface area contributed by atoms with Gasteiger partial charge in [-0.15, -0.1) is 0 Å². The quantitative estimate of drug-likeness (QED) is 0.339. The van der Waals surface area contributed by atoms with Gasteiger partial charge < -0.3 is 24.0 Å². The molecule has 4 atom stereocenters. The van der Waals surface area contributed by atoms with Gasteiger partial charge in [0.2, 0.25) is 0 Å². The van der Waals surface area contributed by atoms with Gasteiger partial charge in [0, 0.05) is 51.6 Å². The van der Waals surface area contributed by atoms with Crippen molar-refractivity contribution in [2.75, 3.05) is 38.1 Å². The molecule has 0 unspecified atom stereocenters. The van der Waals surface area contributed by atoms with Gasteiger partial charge in [0.15, 0.2) is 5.03 Å². The molecule has 2 aromatic carbocycles. The van der Waals surface area contributed by atoms with Crippen molar-refractivity contribution in [1.29, 1.82) is 0 Å². The lowest BCUT2D eigenvalue weighted by Crippen LogP contribution is -2.48. The summed E-state index contributed by atoms with van der Waals surface area (Å²) in [6.45, 7) is 7.48. The SMILES string of the molecule is Cc1ccc(S(=O)(=O)Nc2ccc3c(c2)C(=O)N([C@@H](C)CO)C[C@H](C)[C@@H](CN(C)S(=O)(=O)c2cn(C)cn2)OCCCC[C@H](C)O3)cc1. The summed E-state index contributed by atoms with van der Waals surface area (Å²) in [4.78, 5) is 19.9. The van der Waals surface area contributed by atoms with E-state index in [-0.39, 0.29) is 52.9 Å². The highest BCUT2D eigenvalue weighted by Crippen LogP contribution is 2.30. The number of fused-ring (bicyclic) bond motifs is 1. The second-order valence-corrected chi connectivity index (χ2v) is 16.3. The molecular formula is C33H47N5O8S2. The third kappa shape index (κ3) is 9.14. The van der Waals surface area contributed by atoms with Crippen LogP contribution in [0.1, 0.15) is 56.0 Å². The number of benzene rings is 2. The number of sulfonamides is 2. The van der Waals surface area contributed by atoms with E-state index in [1.54, 1.807) is 42.8 Å². The molecule has 48 heavy (non-hydrogen) atoms. The second kappa shape index (κ2) is 15.8. The number of nitrogens with zero attached hydrogens (tertiary/aromatic N) is 4. The predicted octanol–water partition coefficient (Wildman–Crippen LogP) is 3.65. The molecule has 1 aliphatic heterocycles. The van der Waals surface area contributed by atoms with Crippen LogP contribution in [0.25, 0.3) is 0 Å². The van der Waals surface area contributed by atoms with E-state index in [2.05, 4.69) is 9.71 Å². The van der Waals surface area contributed by atoms with E-state index in [4.69, 9.17) is 9.47 Å². The van der Waals surface area contributed by atoms with Crippen LogP contribution in [0, 0.1) is 12.8 Å². The standard InChI is InChI=1S/C33H47N5O8S2/c1-23-10-13-28(14-11-23)47(41,42)35-27-12-15-30-29(17-27)33(40)38(25(3)21-39)18-24(2)31(45-16-8-7-9-26(4)46-30)19-37(6)48(43,44)32-20-36(5)22-34-32/h10-15,17,20,22,24-26,31,35,39H,7-9,16,18-19,21H2,1-6H3/t24-,25-,26-,31+/m0/s1. The van der Waals surface area contributed by atoms with Crippen molar-refractivity contribution in [3.8, 4) is 5.75 Å². The minimum absolute atomic E-state index is 0.0106. The van der Waals surface area contributed by atoms with Crippen molar-refractivity contribution >= 4 is 31.6 Å². The lowest BCUT2D eigenvalue weighted by molar-refractivity contribution is -0.00835. The Hall–Kier alpha value is -3.50. The van der Waals surface area contributed by atoms with Gasteiger partial charge in [-0.3, -0.25) is 9.52 Å². The van der Waals surface area contributed by atoms with Crippen molar-refractivity contribution in [3.63, 3.8) is 0 Å². The van der Waals surface area contributed by atoms with Gasteiger partial charge in [0.05, 0.1) is 41.6 Å². The normalized spacial score (nSPS) is 20.9. The number of aliphatic hydroxyl groups excluding tert-OH is 1. The van der Waals surface area contributed by atoms with Crippen molar-refractivity contribution in [1.82, 2.24) is 18.8 Å². The highest BCUT2D eigenvalue weighted by molar-refractivity contribution is 7.92. The van der Waals surface area contributed by atoms with Crippen LogP contribution in [0.2, 0.25) is 0 Å². The zero-order valence-corrected chi connectivity index (χ0v) is 30.0. The number of aryl methyl sites for hydroxylation is 2. The summed E-state index contributed by atoms with van der Waals surface area (Å²) >= 11 is 0. The molecule has 4 rings (SSSR count). The Morgan fingerprint density at radius 1 is 1.10 bits per heavy atom. The number of imidazole rings is 1. The lowest BCUT2D eigenvalue weighted by atomic mass is 10.0. The third-order valence-electron chi connectivity index (χ3n) is 8.43. The average molecular weight is 706 g/mol. The molecule has 1 aliphatic rings. The number of anilines is 1. The first-order chi connectivity index (χ1) is 22.6. The number of hydrogen-bond acceptors (Lipinski definition) is 9. The number of carbonyl (C=O) groups excluding carboxylic acids is 1. The fraction of sp³-hybridized carbons (Fsp3) is 0.515. The van der Waals surface area contributed by atoms with Gasteiger partial charge >= 0.3 is 0 Å². The van der Waals surface area contributed by atoms with E-state index >= 15 is 0 Å². The first kappa shape index (κ1) is 37.3. The molecule has 0 fully saturated rings. The maximum absolute atomic E-state index is 14.4. The Labute approximate surface area is 284 Å². The van der Waals surface area contributed by atoms with Gasteiger partial charge in [-0.2, -0.15) is 4.31 Å². The molecule has 1 amide bonds. The van der Waals surface area contributed by atoms with E-state index in [9.17, 15) is 26.7 Å². The van der Waals surface area contributed by atoms with Crippen molar-refractivity contribution in [2.24, 2.45) is 13.0 Å². The fourth-order valence-corrected chi connectivity index (χ4v) is 7.61. The fourth-order valence-electron chi connectivity index (χ4n) is 5.41. The molecule has 13 nitrogen and oxygen atoms in total. The monoisotopic (exact) mass is 705 g/mol. The summed E-state index contributed by atoms with van der Waals surface area (Å²) in [6.07, 6.45) is 4.10. The number of amides is 1. The third-order valence-corrected chi connectivity index (χ3v) is 11.5. The number of nitrogens with one attached hydrogen (secondary N) is 1. The average Bonchev–Trinajstić information content (AvgIpc) is 3.49. The molecule has 0 bridgehead atoms. The molecular weight excluding hydrogens is 659 g/mol. The Morgan fingerprint density at radius 2 is 1.81 bits per heavy atom. The molecule has 264 valence electrons. The Bertz CT molecular complexity index is 1760. The zero-order valence-electron chi connectivity index (χ0n) is 28.4. The zero-order chi connectivity index (χ0) is 35.2. The summed E-state index contributed by atoms with van der Waals surface area (Å²) in [5.41, 5.74) is 1.22. The van der Waals surface area contributed by atoms with Gasteiger partial charge in [-0.25, -0.2) is 21.8 Å². The van der Waals surface area contributed by atoms with Gasteiger partial charge in [-0.1, -0.05) is 24.6 Å². The van der Waals surface area contributed by atoms with E-state index in [0.717, 1.165) is 12.0 Å². The number of rotatable bonds is 9. The maximum atomic E-state index is 14.4.